The second kappa shape index (κ2) is 10.4. The molecule has 0 saturated carbocycles. The zero-order valence-corrected chi connectivity index (χ0v) is 20.9. The number of carbonyl (C=O) groups excluding carboxylic acids is 2. The third kappa shape index (κ3) is 6.44. The number of benzene rings is 2. The van der Waals surface area contributed by atoms with Gasteiger partial charge < -0.3 is 10.2 Å². The van der Waals surface area contributed by atoms with Crippen molar-refractivity contribution < 1.29 is 14.0 Å². The number of rotatable bonds is 7. The number of hydrogen-bond acceptors (Lipinski definition) is 3. The highest BCUT2D eigenvalue weighted by Gasteiger charge is 2.24. The van der Waals surface area contributed by atoms with Gasteiger partial charge >= 0.3 is 0 Å². The standard InChI is InChI=1S/C26H30ClFN4O2/c1-17(2)15-31(25(34)18-6-10-20(28)11-7-18)16-24(33)29-23-14-22(26(3,4)5)30-32(23)21-12-8-19(27)9-13-21/h6-14,17H,15-16H2,1-5H3,(H,29,33). The lowest BCUT2D eigenvalue weighted by Gasteiger charge is -2.24. The van der Waals surface area contributed by atoms with Gasteiger partial charge in [0.2, 0.25) is 5.91 Å². The van der Waals surface area contributed by atoms with Gasteiger partial charge in [0.1, 0.15) is 18.2 Å². The van der Waals surface area contributed by atoms with Gasteiger partial charge in [0.15, 0.2) is 0 Å². The number of amides is 2. The van der Waals surface area contributed by atoms with Crippen LogP contribution in [0.15, 0.2) is 54.6 Å². The summed E-state index contributed by atoms with van der Waals surface area (Å²) in [5.74, 6) is -0.466. The lowest BCUT2D eigenvalue weighted by molar-refractivity contribution is -0.117. The van der Waals surface area contributed by atoms with E-state index in [0.29, 0.717) is 22.9 Å². The van der Waals surface area contributed by atoms with E-state index in [0.717, 1.165) is 11.4 Å². The van der Waals surface area contributed by atoms with Gasteiger partial charge in [-0.15, -0.1) is 0 Å². The van der Waals surface area contributed by atoms with E-state index in [9.17, 15) is 14.0 Å². The Balaban J connectivity index is 1.86. The van der Waals surface area contributed by atoms with Gasteiger partial charge in [-0.3, -0.25) is 9.59 Å². The van der Waals surface area contributed by atoms with Crippen molar-refractivity contribution in [2.75, 3.05) is 18.4 Å². The molecule has 2 amide bonds. The van der Waals surface area contributed by atoms with Gasteiger partial charge in [-0.2, -0.15) is 5.10 Å². The molecule has 0 unspecified atom stereocenters. The summed E-state index contributed by atoms with van der Waals surface area (Å²) >= 11 is 6.03. The molecule has 8 heteroatoms. The number of hydrogen-bond donors (Lipinski definition) is 1. The molecular formula is C26H30ClFN4O2. The summed E-state index contributed by atoms with van der Waals surface area (Å²) in [5.41, 5.74) is 1.64. The third-order valence-electron chi connectivity index (χ3n) is 5.11. The first kappa shape index (κ1) is 25.4. The predicted octanol–water partition coefficient (Wildman–Crippen LogP) is 5.70. The summed E-state index contributed by atoms with van der Waals surface area (Å²) < 4.78 is 15.0. The van der Waals surface area contributed by atoms with Gasteiger partial charge in [0, 0.05) is 28.6 Å². The monoisotopic (exact) mass is 484 g/mol. The summed E-state index contributed by atoms with van der Waals surface area (Å²) in [4.78, 5) is 27.6. The molecule has 180 valence electrons. The van der Waals surface area contributed by atoms with Crippen molar-refractivity contribution in [3.8, 4) is 5.69 Å². The molecule has 0 aliphatic rings. The Morgan fingerprint density at radius 2 is 1.71 bits per heavy atom. The quantitative estimate of drug-likeness (QED) is 0.467. The first-order chi connectivity index (χ1) is 15.9. The molecule has 0 atom stereocenters. The number of halogens is 2. The first-order valence-corrected chi connectivity index (χ1v) is 11.5. The molecule has 1 heterocycles. The molecule has 3 aromatic rings. The molecule has 1 N–H and O–H groups in total. The second-order valence-corrected chi connectivity index (χ2v) is 10.1. The molecule has 6 nitrogen and oxygen atoms in total. The van der Waals surface area contributed by atoms with Crippen molar-refractivity contribution in [2.24, 2.45) is 5.92 Å². The fourth-order valence-electron chi connectivity index (χ4n) is 3.41. The van der Waals surface area contributed by atoms with E-state index in [1.54, 1.807) is 16.8 Å². The zero-order valence-electron chi connectivity index (χ0n) is 20.1. The van der Waals surface area contributed by atoms with E-state index in [1.165, 1.54) is 29.2 Å². The van der Waals surface area contributed by atoms with Crippen LogP contribution in [0.3, 0.4) is 0 Å². The fraction of sp³-hybridized carbons (Fsp3) is 0.346. The highest BCUT2D eigenvalue weighted by molar-refractivity contribution is 6.30. The molecule has 1 aromatic heterocycles. The van der Waals surface area contributed by atoms with Gasteiger partial charge in [0.05, 0.1) is 11.4 Å². The average Bonchev–Trinajstić information content (AvgIpc) is 3.17. The minimum Gasteiger partial charge on any atom is -0.329 e. The summed E-state index contributed by atoms with van der Waals surface area (Å²) in [6.07, 6.45) is 0. The summed E-state index contributed by atoms with van der Waals surface area (Å²) in [7, 11) is 0. The van der Waals surface area contributed by atoms with E-state index in [-0.39, 0.29) is 29.7 Å². The topological polar surface area (TPSA) is 67.2 Å². The summed E-state index contributed by atoms with van der Waals surface area (Å²) in [5, 5.41) is 8.20. The second-order valence-electron chi connectivity index (χ2n) is 9.69. The van der Waals surface area contributed by atoms with Crippen molar-refractivity contribution >= 4 is 29.2 Å². The Hall–Kier alpha value is -3.19. The SMILES string of the molecule is CC(C)CN(CC(=O)Nc1cc(C(C)(C)C)nn1-c1ccc(Cl)cc1)C(=O)c1ccc(F)cc1. The van der Waals surface area contributed by atoms with Crippen LogP contribution in [0.25, 0.3) is 5.69 Å². The van der Waals surface area contributed by atoms with Crippen molar-refractivity contribution in [1.82, 2.24) is 14.7 Å². The van der Waals surface area contributed by atoms with Crippen LogP contribution in [0.4, 0.5) is 10.2 Å². The molecule has 3 rings (SSSR count). The van der Waals surface area contributed by atoms with Crippen LogP contribution in [-0.4, -0.2) is 39.6 Å². The fourth-order valence-corrected chi connectivity index (χ4v) is 3.53. The lowest BCUT2D eigenvalue weighted by Crippen LogP contribution is -2.40. The smallest absolute Gasteiger partial charge is 0.254 e. The molecular weight excluding hydrogens is 455 g/mol. The van der Waals surface area contributed by atoms with Crippen LogP contribution in [0.5, 0.6) is 0 Å². The van der Waals surface area contributed by atoms with E-state index in [4.69, 9.17) is 16.7 Å². The maximum absolute atomic E-state index is 13.3. The average molecular weight is 485 g/mol. The van der Waals surface area contributed by atoms with Gasteiger partial charge in [-0.25, -0.2) is 9.07 Å². The Bertz CT molecular complexity index is 1150. The largest absolute Gasteiger partial charge is 0.329 e. The van der Waals surface area contributed by atoms with Crippen molar-refractivity contribution in [3.63, 3.8) is 0 Å². The molecule has 0 fully saturated rings. The van der Waals surface area contributed by atoms with Crippen molar-refractivity contribution in [1.29, 1.82) is 0 Å². The van der Waals surface area contributed by atoms with Gasteiger partial charge in [-0.05, 0) is 54.4 Å². The predicted molar refractivity (Wildman–Crippen MR) is 133 cm³/mol. The highest BCUT2D eigenvalue weighted by atomic mass is 35.5. The summed E-state index contributed by atoms with van der Waals surface area (Å²) in [6, 6.07) is 14.3. The molecule has 0 radical (unpaired) electrons. The molecule has 2 aromatic carbocycles. The van der Waals surface area contributed by atoms with Crippen LogP contribution in [0.2, 0.25) is 5.02 Å². The summed E-state index contributed by atoms with van der Waals surface area (Å²) in [6.45, 7) is 10.3. The minimum atomic E-state index is -0.421. The van der Waals surface area contributed by atoms with E-state index in [2.05, 4.69) is 5.32 Å². The van der Waals surface area contributed by atoms with Crippen molar-refractivity contribution in [3.05, 3.63) is 76.7 Å². The molecule has 0 aliphatic carbocycles. The maximum atomic E-state index is 13.3. The highest BCUT2D eigenvalue weighted by Crippen LogP contribution is 2.27. The minimum absolute atomic E-state index is 0.143. The first-order valence-electron chi connectivity index (χ1n) is 11.1. The Morgan fingerprint density at radius 1 is 1.09 bits per heavy atom. The molecule has 34 heavy (non-hydrogen) atoms. The number of anilines is 1. The Kier molecular flexibility index (Phi) is 7.77. The molecule has 0 aliphatic heterocycles. The number of nitrogens with one attached hydrogen (secondary N) is 1. The van der Waals surface area contributed by atoms with Crippen LogP contribution < -0.4 is 5.32 Å². The Morgan fingerprint density at radius 3 is 2.26 bits per heavy atom. The molecule has 0 spiro atoms. The van der Waals surface area contributed by atoms with E-state index < -0.39 is 5.82 Å². The van der Waals surface area contributed by atoms with Crippen LogP contribution in [0, 0.1) is 11.7 Å². The van der Waals surface area contributed by atoms with Gasteiger partial charge in [-0.1, -0.05) is 46.2 Å². The zero-order chi connectivity index (χ0) is 25.0. The molecule has 0 bridgehead atoms. The van der Waals surface area contributed by atoms with Crippen LogP contribution in [-0.2, 0) is 10.2 Å². The number of carbonyl (C=O) groups is 2. The number of aromatic nitrogens is 2. The Labute approximate surface area is 204 Å². The molecule has 0 saturated heterocycles. The maximum Gasteiger partial charge on any atom is 0.254 e. The lowest BCUT2D eigenvalue weighted by atomic mass is 9.92. The number of nitrogens with zero attached hydrogens (tertiary/aromatic N) is 3. The third-order valence-corrected chi connectivity index (χ3v) is 5.37. The van der Waals surface area contributed by atoms with Crippen LogP contribution >= 0.6 is 11.6 Å². The van der Waals surface area contributed by atoms with Crippen LogP contribution in [0.1, 0.15) is 50.7 Å². The van der Waals surface area contributed by atoms with E-state index in [1.807, 2.05) is 52.8 Å². The van der Waals surface area contributed by atoms with E-state index >= 15 is 0 Å². The normalized spacial score (nSPS) is 11.5. The van der Waals surface area contributed by atoms with Gasteiger partial charge in [0.25, 0.3) is 5.91 Å². The van der Waals surface area contributed by atoms with Crippen molar-refractivity contribution in [2.45, 2.75) is 40.0 Å².